The van der Waals surface area contributed by atoms with Crippen molar-refractivity contribution < 1.29 is 27.5 Å². The molecule has 1 saturated heterocycles. The van der Waals surface area contributed by atoms with Crippen LogP contribution in [0.4, 0.5) is 23.7 Å². The van der Waals surface area contributed by atoms with Crippen LogP contribution < -0.4 is 9.64 Å². The molecule has 1 saturated carbocycles. The fourth-order valence-corrected chi connectivity index (χ4v) is 2.24. The van der Waals surface area contributed by atoms with Gasteiger partial charge >= 0.3 is 12.4 Å². The van der Waals surface area contributed by atoms with Crippen LogP contribution in [0.25, 0.3) is 0 Å². The molecule has 0 unspecified atom stereocenters. The van der Waals surface area contributed by atoms with Crippen molar-refractivity contribution in [3.8, 4) is 5.75 Å². The highest BCUT2D eigenvalue weighted by Crippen LogP contribution is 2.33. The van der Waals surface area contributed by atoms with Crippen LogP contribution in [0.1, 0.15) is 12.8 Å². The topological polar surface area (TPSA) is 49.9 Å². The van der Waals surface area contributed by atoms with Crippen molar-refractivity contribution in [1.29, 1.82) is 0 Å². The van der Waals surface area contributed by atoms with Crippen molar-refractivity contribution in [2.45, 2.75) is 25.2 Å². The van der Waals surface area contributed by atoms with E-state index in [9.17, 15) is 22.8 Å². The van der Waals surface area contributed by atoms with Crippen LogP contribution in [-0.2, 0) is 4.79 Å². The normalized spacial score (nSPS) is 19.4. The van der Waals surface area contributed by atoms with Gasteiger partial charge in [-0.25, -0.2) is 9.69 Å². The molecule has 1 aromatic rings. The average molecular weight is 300 g/mol. The number of hydrogen-bond donors (Lipinski definition) is 0. The van der Waals surface area contributed by atoms with Gasteiger partial charge in [0.2, 0.25) is 0 Å². The van der Waals surface area contributed by atoms with E-state index in [4.69, 9.17) is 0 Å². The van der Waals surface area contributed by atoms with Crippen molar-refractivity contribution in [2.75, 3.05) is 11.4 Å². The summed E-state index contributed by atoms with van der Waals surface area (Å²) in [7, 11) is 0. The molecule has 112 valence electrons. The monoisotopic (exact) mass is 300 g/mol. The number of benzene rings is 1. The third kappa shape index (κ3) is 2.79. The molecule has 0 radical (unpaired) electrons. The van der Waals surface area contributed by atoms with Gasteiger partial charge in [0, 0.05) is 6.04 Å². The minimum atomic E-state index is -4.77. The van der Waals surface area contributed by atoms with E-state index in [2.05, 4.69) is 4.74 Å². The summed E-state index contributed by atoms with van der Waals surface area (Å²) in [6.07, 6.45) is -3.01. The molecule has 0 aromatic heterocycles. The number of urea groups is 1. The number of anilines is 1. The van der Waals surface area contributed by atoms with E-state index in [-0.39, 0.29) is 24.2 Å². The van der Waals surface area contributed by atoms with Gasteiger partial charge < -0.3 is 9.64 Å². The number of alkyl halides is 3. The highest BCUT2D eigenvalue weighted by Gasteiger charge is 2.44. The lowest BCUT2D eigenvalue weighted by atomic mass is 10.3. The molecule has 0 N–H and O–H groups in total. The lowest BCUT2D eigenvalue weighted by Gasteiger charge is -2.17. The first-order chi connectivity index (χ1) is 9.85. The molecule has 0 bridgehead atoms. The Morgan fingerprint density at radius 1 is 1.10 bits per heavy atom. The zero-order chi connectivity index (χ0) is 15.2. The lowest BCUT2D eigenvalue weighted by molar-refractivity contribution is -0.274. The van der Waals surface area contributed by atoms with Gasteiger partial charge in [-0.3, -0.25) is 4.79 Å². The van der Waals surface area contributed by atoms with Gasteiger partial charge in [-0.1, -0.05) is 0 Å². The van der Waals surface area contributed by atoms with Crippen LogP contribution in [0.2, 0.25) is 0 Å². The van der Waals surface area contributed by atoms with E-state index in [0.717, 1.165) is 29.9 Å². The molecule has 1 aliphatic carbocycles. The maximum Gasteiger partial charge on any atom is 0.573 e. The van der Waals surface area contributed by atoms with Crippen molar-refractivity contribution in [3.63, 3.8) is 0 Å². The molecule has 0 atom stereocenters. The molecule has 3 rings (SSSR count). The number of rotatable bonds is 3. The molecular weight excluding hydrogens is 289 g/mol. The van der Waals surface area contributed by atoms with E-state index in [1.54, 1.807) is 0 Å². The third-order valence-electron chi connectivity index (χ3n) is 3.31. The third-order valence-corrected chi connectivity index (χ3v) is 3.31. The number of carbonyl (C=O) groups is 2. The molecule has 1 heterocycles. The number of carbonyl (C=O) groups excluding carboxylic acids is 2. The van der Waals surface area contributed by atoms with Crippen LogP contribution in [0.5, 0.6) is 5.75 Å². The number of hydrogen-bond acceptors (Lipinski definition) is 3. The van der Waals surface area contributed by atoms with E-state index in [1.807, 2.05) is 0 Å². The number of imide groups is 1. The molecular formula is C13H11F3N2O3. The fraction of sp³-hybridized carbons (Fsp3) is 0.385. The minimum Gasteiger partial charge on any atom is -0.406 e. The van der Waals surface area contributed by atoms with Gasteiger partial charge in [-0.05, 0) is 37.1 Å². The van der Waals surface area contributed by atoms with E-state index >= 15 is 0 Å². The Bertz CT molecular complexity index is 581. The molecule has 5 nitrogen and oxygen atoms in total. The van der Waals surface area contributed by atoms with Crippen molar-refractivity contribution in [3.05, 3.63) is 24.3 Å². The Morgan fingerprint density at radius 3 is 2.24 bits per heavy atom. The number of ether oxygens (including phenoxy) is 1. The average Bonchev–Trinajstić information content (AvgIpc) is 3.16. The SMILES string of the molecule is O=C1CN(C2CC2)C(=O)N1c1ccc(OC(F)(F)F)cc1. The summed E-state index contributed by atoms with van der Waals surface area (Å²) >= 11 is 0. The van der Waals surface area contributed by atoms with Crippen molar-refractivity contribution in [2.24, 2.45) is 0 Å². The predicted octanol–water partition coefficient (Wildman–Crippen LogP) is 2.52. The summed E-state index contributed by atoms with van der Waals surface area (Å²) in [6.45, 7) is 0.0182. The molecule has 3 amide bonds. The number of halogens is 3. The number of amides is 3. The molecule has 2 aliphatic rings. The standard InChI is InChI=1S/C13H11F3N2O3/c14-13(15,16)21-10-5-3-9(4-6-10)18-11(19)7-17(12(18)20)8-1-2-8/h3-6,8H,1-2,7H2. The second kappa shape index (κ2) is 4.64. The fourth-order valence-electron chi connectivity index (χ4n) is 2.24. The zero-order valence-electron chi connectivity index (χ0n) is 10.8. The first-order valence-electron chi connectivity index (χ1n) is 6.34. The Balaban J connectivity index is 1.77. The molecule has 21 heavy (non-hydrogen) atoms. The molecule has 1 aromatic carbocycles. The second-order valence-electron chi connectivity index (χ2n) is 4.91. The first kappa shape index (κ1) is 13.7. The summed E-state index contributed by atoms with van der Waals surface area (Å²) in [5.41, 5.74) is 0.239. The summed E-state index contributed by atoms with van der Waals surface area (Å²) in [6, 6.07) is 4.35. The zero-order valence-corrected chi connectivity index (χ0v) is 10.8. The van der Waals surface area contributed by atoms with Crippen LogP contribution in [0.15, 0.2) is 24.3 Å². The van der Waals surface area contributed by atoms with E-state index in [0.29, 0.717) is 0 Å². The molecule has 1 aliphatic heterocycles. The highest BCUT2D eigenvalue weighted by molar-refractivity contribution is 6.19. The molecule has 0 spiro atoms. The molecule has 2 fully saturated rings. The van der Waals surface area contributed by atoms with Gasteiger partial charge in [0.15, 0.2) is 0 Å². The maximum absolute atomic E-state index is 12.1. The maximum atomic E-state index is 12.1. The Morgan fingerprint density at radius 2 is 1.71 bits per heavy atom. The smallest absolute Gasteiger partial charge is 0.406 e. The van der Waals surface area contributed by atoms with Crippen molar-refractivity contribution in [1.82, 2.24) is 4.90 Å². The number of nitrogens with zero attached hydrogens (tertiary/aromatic N) is 2. The highest BCUT2D eigenvalue weighted by atomic mass is 19.4. The quantitative estimate of drug-likeness (QED) is 0.806. The van der Waals surface area contributed by atoms with E-state index < -0.39 is 18.1 Å². The summed E-state index contributed by atoms with van der Waals surface area (Å²) < 4.78 is 39.9. The summed E-state index contributed by atoms with van der Waals surface area (Å²) in [5.74, 6) is -0.777. The van der Waals surface area contributed by atoms with Crippen LogP contribution >= 0.6 is 0 Å². The van der Waals surface area contributed by atoms with Crippen LogP contribution in [0, 0.1) is 0 Å². The van der Waals surface area contributed by atoms with Crippen molar-refractivity contribution >= 4 is 17.6 Å². The van der Waals surface area contributed by atoms with Gasteiger partial charge in [0.1, 0.15) is 12.3 Å². The lowest BCUT2D eigenvalue weighted by Crippen LogP contribution is -2.34. The van der Waals surface area contributed by atoms with Crippen LogP contribution in [-0.4, -0.2) is 35.8 Å². The largest absolute Gasteiger partial charge is 0.573 e. The van der Waals surface area contributed by atoms with Gasteiger partial charge in [0.05, 0.1) is 5.69 Å². The van der Waals surface area contributed by atoms with Gasteiger partial charge in [-0.2, -0.15) is 0 Å². The summed E-state index contributed by atoms with van der Waals surface area (Å²) in [4.78, 5) is 26.5. The Hall–Kier alpha value is -2.25. The van der Waals surface area contributed by atoms with Gasteiger partial charge in [0.25, 0.3) is 5.91 Å². The Kier molecular flexibility index (Phi) is 3.03. The second-order valence-corrected chi connectivity index (χ2v) is 4.91. The minimum absolute atomic E-state index is 0.0182. The summed E-state index contributed by atoms with van der Waals surface area (Å²) in [5, 5.41) is 0. The van der Waals surface area contributed by atoms with E-state index in [1.165, 1.54) is 17.0 Å². The molecule has 8 heteroatoms. The van der Waals surface area contributed by atoms with Gasteiger partial charge in [-0.15, -0.1) is 13.2 Å². The predicted molar refractivity (Wildman–Crippen MR) is 65.7 cm³/mol. The van der Waals surface area contributed by atoms with Crippen LogP contribution in [0.3, 0.4) is 0 Å². The first-order valence-corrected chi connectivity index (χ1v) is 6.34. The Labute approximate surface area is 117 Å².